The zero-order valence-electron chi connectivity index (χ0n) is 21.6. The van der Waals surface area contributed by atoms with Gasteiger partial charge in [0.15, 0.2) is 0 Å². The Hall–Kier alpha value is -4.92. The summed E-state index contributed by atoms with van der Waals surface area (Å²) in [6.45, 7) is 0. The van der Waals surface area contributed by atoms with E-state index in [9.17, 15) is 0 Å². The SMILES string of the molecule is c1ccc(-c2ccc(-n3c4c5ccccc5ccc4c4c5ccccc5c5c6ccccc6sc5c43)cc2)cc1. The zero-order chi connectivity index (χ0) is 26.2. The lowest BCUT2D eigenvalue weighted by Gasteiger charge is -2.12. The highest BCUT2D eigenvalue weighted by Gasteiger charge is 2.22. The predicted molar refractivity (Wildman–Crippen MR) is 174 cm³/mol. The van der Waals surface area contributed by atoms with E-state index in [-0.39, 0.29) is 0 Å². The van der Waals surface area contributed by atoms with Gasteiger partial charge >= 0.3 is 0 Å². The van der Waals surface area contributed by atoms with E-state index < -0.39 is 0 Å². The number of hydrogen-bond donors (Lipinski definition) is 0. The average molecular weight is 526 g/mol. The molecule has 0 fully saturated rings. The van der Waals surface area contributed by atoms with E-state index in [1.54, 1.807) is 0 Å². The Labute approximate surface area is 235 Å². The number of thiophene rings is 1. The number of rotatable bonds is 2. The maximum absolute atomic E-state index is 2.53. The van der Waals surface area contributed by atoms with Crippen LogP contribution in [0.1, 0.15) is 0 Å². The van der Waals surface area contributed by atoms with Gasteiger partial charge in [-0.2, -0.15) is 0 Å². The molecule has 0 spiro atoms. The van der Waals surface area contributed by atoms with Gasteiger partial charge in [0.25, 0.3) is 0 Å². The maximum atomic E-state index is 2.53. The van der Waals surface area contributed by atoms with E-state index >= 15 is 0 Å². The van der Waals surface area contributed by atoms with E-state index in [2.05, 4.69) is 144 Å². The van der Waals surface area contributed by atoms with Crippen LogP contribution in [0.4, 0.5) is 0 Å². The summed E-state index contributed by atoms with van der Waals surface area (Å²) in [5.41, 5.74) is 6.22. The van der Waals surface area contributed by atoms with Crippen LogP contribution in [0.25, 0.3) is 80.3 Å². The van der Waals surface area contributed by atoms with Crippen molar-refractivity contribution in [1.29, 1.82) is 0 Å². The molecule has 9 rings (SSSR count). The van der Waals surface area contributed by atoms with E-state index in [0.717, 1.165) is 0 Å². The van der Waals surface area contributed by atoms with Gasteiger partial charge in [-0.15, -0.1) is 11.3 Å². The molecule has 186 valence electrons. The van der Waals surface area contributed by atoms with Crippen molar-refractivity contribution >= 4 is 74.9 Å². The van der Waals surface area contributed by atoms with Crippen molar-refractivity contribution in [3.8, 4) is 16.8 Å². The second-order valence-corrected chi connectivity index (χ2v) is 11.6. The minimum absolute atomic E-state index is 1.19. The molecule has 0 saturated carbocycles. The third kappa shape index (κ3) is 2.97. The summed E-state index contributed by atoms with van der Waals surface area (Å²) in [6.07, 6.45) is 0. The van der Waals surface area contributed by atoms with Crippen molar-refractivity contribution < 1.29 is 0 Å². The van der Waals surface area contributed by atoms with Gasteiger partial charge in [-0.1, -0.05) is 121 Å². The second kappa shape index (κ2) is 8.29. The zero-order valence-corrected chi connectivity index (χ0v) is 22.5. The molecule has 0 atom stereocenters. The van der Waals surface area contributed by atoms with Crippen molar-refractivity contribution in [3.63, 3.8) is 0 Å². The summed E-state index contributed by atoms with van der Waals surface area (Å²) < 4.78 is 5.21. The van der Waals surface area contributed by atoms with Crippen molar-refractivity contribution in [2.75, 3.05) is 0 Å². The van der Waals surface area contributed by atoms with Crippen LogP contribution in [0.15, 0.2) is 140 Å². The molecule has 0 N–H and O–H groups in total. The molecule has 0 aliphatic heterocycles. The maximum Gasteiger partial charge on any atom is 0.0726 e. The van der Waals surface area contributed by atoms with Gasteiger partial charge in [-0.05, 0) is 45.5 Å². The summed E-state index contributed by atoms with van der Waals surface area (Å²) in [7, 11) is 0. The quantitative estimate of drug-likeness (QED) is 0.211. The first-order chi connectivity index (χ1) is 19.9. The summed E-state index contributed by atoms with van der Waals surface area (Å²) in [5.74, 6) is 0. The largest absolute Gasteiger partial charge is 0.307 e. The third-order valence-electron chi connectivity index (χ3n) is 8.36. The van der Waals surface area contributed by atoms with Crippen molar-refractivity contribution in [2.45, 2.75) is 0 Å². The van der Waals surface area contributed by atoms with Crippen LogP contribution in [0.2, 0.25) is 0 Å². The molecule has 2 heteroatoms. The van der Waals surface area contributed by atoms with E-state index in [0.29, 0.717) is 0 Å². The molecular weight excluding hydrogens is 502 g/mol. The Kier molecular flexibility index (Phi) is 4.55. The molecule has 0 amide bonds. The van der Waals surface area contributed by atoms with Crippen LogP contribution in [0.5, 0.6) is 0 Å². The molecule has 0 aliphatic carbocycles. The highest BCUT2D eigenvalue weighted by molar-refractivity contribution is 7.27. The lowest BCUT2D eigenvalue weighted by Crippen LogP contribution is -1.95. The Balaban J connectivity index is 1.52. The van der Waals surface area contributed by atoms with Gasteiger partial charge in [0.05, 0.1) is 15.7 Å². The molecule has 0 bridgehead atoms. The van der Waals surface area contributed by atoms with E-state index in [1.807, 2.05) is 11.3 Å². The molecule has 0 unspecified atom stereocenters. The topological polar surface area (TPSA) is 4.93 Å². The molecule has 2 aromatic heterocycles. The molecule has 40 heavy (non-hydrogen) atoms. The van der Waals surface area contributed by atoms with E-state index in [4.69, 9.17) is 0 Å². The summed E-state index contributed by atoms with van der Waals surface area (Å²) in [4.78, 5) is 0. The number of fused-ring (bicyclic) bond motifs is 12. The molecule has 1 nitrogen and oxygen atoms in total. The fourth-order valence-corrected chi connectivity index (χ4v) is 7.89. The number of nitrogens with zero attached hydrogens (tertiary/aromatic N) is 1. The van der Waals surface area contributed by atoms with Crippen LogP contribution >= 0.6 is 11.3 Å². The fourth-order valence-electron chi connectivity index (χ4n) is 6.63. The Morgan fingerprint density at radius 1 is 0.400 bits per heavy atom. The van der Waals surface area contributed by atoms with Gasteiger partial charge < -0.3 is 4.57 Å². The first-order valence-electron chi connectivity index (χ1n) is 13.7. The summed E-state index contributed by atoms with van der Waals surface area (Å²) >= 11 is 1.91. The molecule has 0 aliphatic rings. The smallest absolute Gasteiger partial charge is 0.0726 e. The number of aromatic nitrogens is 1. The summed E-state index contributed by atoms with van der Waals surface area (Å²) in [5, 5.41) is 10.5. The van der Waals surface area contributed by atoms with Gasteiger partial charge in [-0.25, -0.2) is 0 Å². The third-order valence-corrected chi connectivity index (χ3v) is 9.54. The van der Waals surface area contributed by atoms with Gasteiger partial charge in [-0.3, -0.25) is 0 Å². The highest BCUT2D eigenvalue weighted by atomic mass is 32.1. The standard InChI is InChI=1S/C38H23NS/c1-2-10-24(11-3-1)25-18-21-27(22-19-25)39-36-28-13-5-4-12-26(28)20-23-32(36)34-29-14-6-7-15-30(29)35-31-16-8-9-17-33(31)40-38(35)37(34)39/h1-23H. The molecular formula is C38H23NS. The Morgan fingerprint density at radius 2 is 1.02 bits per heavy atom. The van der Waals surface area contributed by atoms with Crippen LogP contribution in [-0.4, -0.2) is 4.57 Å². The lowest BCUT2D eigenvalue weighted by atomic mass is 9.98. The monoisotopic (exact) mass is 525 g/mol. The summed E-state index contributed by atoms with van der Waals surface area (Å²) in [6, 6.07) is 51.0. The first-order valence-corrected chi connectivity index (χ1v) is 14.5. The normalized spacial score (nSPS) is 12.0. The first kappa shape index (κ1) is 22.0. The second-order valence-electron chi connectivity index (χ2n) is 10.5. The van der Waals surface area contributed by atoms with Crippen LogP contribution < -0.4 is 0 Å². The molecule has 0 saturated heterocycles. The van der Waals surface area contributed by atoms with Crippen LogP contribution in [0, 0.1) is 0 Å². The molecule has 7 aromatic carbocycles. The van der Waals surface area contributed by atoms with E-state index in [1.165, 1.54) is 80.3 Å². The van der Waals surface area contributed by atoms with Crippen molar-refractivity contribution in [1.82, 2.24) is 4.57 Å². The Morgan fingerprint density at radius 3 is 1.82 bits per heavy atom. The minimum atomic E-state index is 1.19. The van der Waals surface area contributed by atoms with Crippen molar-refractivity contribution in [3.05, 3.63) is 140 Å². The number of hydrogen-bond acceptors (Lipinski definition) is 1. The number of benzene rings is 7. The average Bonchev–Trinajstić information content (AvgIpc) is 3.59. The van der Waals surface area contributed by atoms with Gasteiger partial charge in [0.1, 0.15) is 0 Å². The lowest BCUT2D eigenvalue weighted by molar-refractivity contribution is 1.19. The van der Waals surface area contributed by atoms with Crippen molar-refractivity contribution in [2.24, 2.45) is 0 Å². The van der Waals surface area contributed by atoms with Gasteiger partial charge in [0.2, 0.25) is 0 Å². The van der Waals surface area contributed by atoms with Crippen LogP contribution in [-0.2, 0) is 0 Å². The molecule has 9 aromatic rings. The highest BCUT2D eigenvalue weighted by Crippen LogP contribution is 2.48. The van der Waals surface area contributed by atoms with Crippen LogP contribution in [0.3, 0.4) is 0 Å². The predicted octanol–water partition coefficient (Wildman–Crippen LogP) is 11.1. The molecule has 0 radical (unpaired) electrons. The Bertz CT molecular complexity index is 2410. The van der Waals surface area contributed by atoms with Gasteiger partial charge in [0, 0.05) is 37.3 Å². The minimum Gasteiger partial charge on any atom is -0.307 e. The molecule has 2 heterocycles. The fraction of sp³-hybridized carbons (Fsp3) is 0.